The smallest absolute Gasteiger partial charge is 0.257 e. The van der Waals surface area contributed by atoms with Crippen LogP contribution >= 0.6 is 11.6 Å². The maximum absolute atomic E-state index is 12.2. The van der Waals surface area contributed by atoms with Crippen LogP contribution in [-0.4, -0.2) is 18.3 Å². The lowest BCUT2D eigenvalue weighted by atomic mass is 9.91. The standard InChI is InChI=1S/C19H20ClNO3/c1-19(2,3)17(22)12-24-14-10-8-13(9-11-14)21-18(23)15-6-4-5-7-16(15)20/h4-11H,12H2,1-3H3,(H,21,23). The second-order valence-electron chi connectivity index (χ2n) is 6.42. The zero-order valence-corrected chi connectivity index (χ0v) is 14.7. The first-order valence-corrected chi connectivity index (χ1v) is 7.97. The quantitative estimate of drug-likeness (QED) is 0.862. The summed E-state index contributed by atoms with van der Waals surface area (Å²) in [5, 5.41) is 3.17. The SMILES string of the molecule is CC(C)(C)C(=O)COc1ccc(NC(=O)c2ccccc2Cl)cc1. The van der Waals surface area contributed by atoms with E-state index in [2.05, 4.69) is 5.32 Å². The average Bonchev–Trinajstić information content (AvgIpc) is 2.53. The van der Waals surface area contributed by atoms with Gasteiger partial charge in [0, 0.05) is 11.1 Å². The van der Waals surface area contributed by atoms with Crippen LogP contribution in [0.2, 0.25) is 5.02 Å². The van der Waals surface area contributed by atoms with Crippen LogP contribution in [0.5, 0.6) is 5.75 Å². The molecular formula is C19H20ClNO3. The van der Waals surface area contributed by atoms with E-state index in [1.807, 2.05) is 20.8 Å². The first-order chi connectivity index (χ1) is 11.3. The summed E-state index contributed by atoms with van der Waals surface area (Å²) in [6.45, 7) is 5.58. The molecule has 0 unspecified atom stereocenters. The largest absolute Gasteiger partial charge is 0.486 e. The summed E-state index contributed by atoms with van der Waals surface area (Å²) in [6.07, 6.45) is 0. The monoisotopic (exact) mass is 345 g/mol. The number of hydrogen-bond donors (Lipinski definition) is 1. The van der Waals surface area contributed by atoms with Crippen LogP contribution in [0.15, 0.2) is 48.5 Å². The summed E-state index contributed by atoms with van der Waals surface area (Å²) >= 11 is 6.01. The lowest BCUT2D eigenvalue weighted by molar-refractivity contribution is -0.128. The first kappa shape index (κ1) is 18.0. The van der Waals surface area contributed by atoms with Gasteiger partial charge in [0.25, 0.3) is 5.91 Å². The number of ketones is 1. The number of ether oxygens (including phenoxy) is 1. The van der Waals surface area contributed by atoms with Crippen molar-refractivity contribution in [3.05, 3.63) is 59.1 Å². The van der Waals surface area contributed by atoms with Crippen LogP contribution in [0.4, 0.5) is 5.69 Å². The van der Waals surface area contributed by atoms with Crippen LogP contribution in [0.3, 0.4) is 0 Å². The van der Waals surface area contributed by atoms with Crippen molar-refractivity contribution in [3.63, 3.8) is 0 Å². The van der Waals surface area contributed by atoms with Gasteiger partial charge in [-0.1, -0.05) is 44.5 Å². The second kappa shape index (κ2) is 7.49. The van der Waals surface area contributed by atoms with E-state index in [-0.39, 0.29) is 18.3 Å². The van der Waals surface area contributed by atoms with Gasteiger partial charge in [0.15, 0.2) is 5.78 Å². The molecule has 2 rings (SSSR count). The molecule has 0 aromatic heterocycles. The number of anilines is 1. The number of carbonyl (C=O) groups excluding carboxylic acids is 2. The zero-order chi connectivity index (χ0) is 17.7. The Morgan fingerprint density at radius 3 is 2.25 bits per heavy atom. The van der Waals surface area contributed by atoms with Crippen molar-refractivity contribution in [1.29, 1.82) is 0 Å². The second-order valence-corrected chi connectivity index (χ2v) is 6.83. The Bertz CT molecular complexity index is 733. The van der Waals surface area contributed by atoms with Gasteiger partial charge in [-0.3, -0.25) is 9.59 Å². The summed E-state index contributed by atoms with van der Waals surface area (Å²) in [5.74, 6) is 0.319. The van der Waals surface area contributed by atoms with Crippen molar-refractivity contribution in [1.82, 2.24) is 0 Å². The summed E-state index contributed by atoms with van der Waals surface area (Å²) in [6, 6.07) is 13.7. The van der Waals surface area contributed by atoms with Crippen molar-refractivity contribution in [2.45, 2.75) is 20.8 Å². The number of halogens is 1. The highest BCUT2D eigenvalue weighted by Gasteiger charge is 2.21. The molecule has 0 aliphatic rings. The molecular weight excluding hydrogens is 326 g/mol. The summed E-state index contributed by atoms with van der Waals surface area (Å²) in [4.78, 5) is 24.0. The number of hydrogen-bond acceptors (Lipinski definition) is 3. The van der Waals surface area contributed by atoms with Gasteiger partial charge in [0.1, 0.15) is 12.4 Å². The summed E-state index contributed by atoms with van der Waals surface area (Å²) < 4.78 is 5.47. The van der Waals surface area contributed by atoms with Gasteiger partial charge in [-0.15, -0.1) is 0 Å². The molecule has 5 heteroatoms. The Hall–Kier alpha value is -2.33. The number of rotatable bonds is 5. The fourth-order valence-corrected chi connectivity index (χ4v) is 2.07. The van der Waals surface area contributed by atoms with E-state index in [9.17, 15) is 9.59 Å². The molecule has 0 aliphatic carbocycles. The predicted octanol–water partition coefficient (Wildman–Crippen LogP) is 4.59. The maximum Gasteiger partial charge on any atom is 0.257 e. The molecule has 1 N–H and O–H groups in total. The van der Waals surface area contributed by atoms with Crippen molar-refractivity contribution >= 4 is 29.0 Å². The van der Waals surface area contributed by atoms with E-state index in [1.165, 1.54) is 0 Å². The first-order valence-electron chi connectivity index (χ1n) is 7.59. The van der Waals surface area contributed by atoms with Crippen LogP contribution < -0.4 is 10.1 Å². The summed E-state index contributed by atoms with van der Waals surface area (Å²) in [5.41, 5.74) is 0.604. The molecule has 0 saturated heterocycles. The molecule has 2 aromatic carbocycles. The number of carbonyl (C=O) groups is 2. The fraction of sp³-hybridized carbons (Fsp3) is 0.263. The van der Waals surface area contributed by atoms with Gasteiger partial charge in [-0.2, -0.15) is 0 Å². The third kappa shape index (κ3) is 4.83. The Morgan fingerprint density at radius 2 is 1.67 bits per heavy atom. The minimum absolute atomic E-state index is 0.0226. The Kier molecular flexibility index (Phi) is 5.62. The lowest BCUT2D eigenvalue weighted by Gasteiger charge is -2.16. The van der Waals surface area contributed by atoms with Gasteiger partial charge < -0.3 is 10.1 Å². The highest BCUT2D eigenvalue weighted by molar-refractivity contribution is 6.34. The fourth-order valence-electron chi connectivity index (χ4n) is 1.84. The number of nitrogens with one attached hydrogen (secondary N) is 1. The van der Waals surface area contributed by atoms with Crippen LogP contribution in [0.1, 0.15) is 31.1 Å². The van der Waals surface area contributed by atoms with Crippen LogP contribution in [0, 0.1) is 5.41 Å². The highest BCUT2D eigenvalue weighted by Crippen LogP contribution is 2.20. The zero-order valence-electron chi connectivity index (χ0n) is 13.9. The number of amides is 1. The molecule has 0 atom stereocenters. The van der Waals surface area contributed by atoms with Gasteiger partial charge in [-0.25, -0.2) is 0 Å². The molecule has 0 aliphatic heterocycles. The average molecular weight is 346 g/mol. The van der Waals surface area contributed by atoms with Crippen LogP contribution in [0.25, 0.3) is 0 Å². The van der Waals surface area contributed by atoms with E-state index >= 15 is 0 Å². The van der Waals surface area contributed by atoms with Crippen molar-refractivity contribution in [2.75, 3.05) is 11.9 Å². The topological polar surface area (TPSA) is 55.4 Å². The van der Waals surface area contributed by atoms with Crippen molar-refractivity contribution < 1.29 is 14.3 Å². The third-order valence-electron chi connectivity index (χ3n) is 3.44. The molecule has 0 heterocycles. The number of Topliss-reactive ketones (excluding diaryl/α,β-unsaturated/α-hetero) is 1. The predicted molar refractivity (Wildman–Crippen MR) is 95.8 cm³/mol. The van der Waals surface area contributed by atoms with E-state index < -0.39 is 5.41 Å². The third-order valence-corrected chi connectivity index (χ3v) is 3.77. The molecule has 1 amide bonds. The van der Waals surface area contributed by atoms with Gasteiger partial charge in [-0.05, 0) is 36.4 Å². The van der Waals surface area contributed by atoms with Crippen molar-refractivity contribution in [3.8, 4) is 5.75 Å². The molecule has 4 nitrogen and oxygen atoms in total. The molecule has 0 bridgehead atoms. The molecule has 0 saturated carbocycles. The van der Waals surface area contributed by atoms with Gasteiger partial charge in [0.2, 0.25) is 0 Å². The van der Waals surface area contributed by atoms with Crippen LogP contribution in [-0.2, 0) is 4.79 Å². The molecule has 0 fully saturated rings. The van der Waals surface area contributed by atoms with E-state index in [1.54, 1.807) is 48.5 Å². The molecule has 0 spiro atoms. The lowest BCUT2D eigenvalue weighted by Crippen LogP contribution is -2.26. The number of benzene rings is 2. The molecule has 126 valence electrons. The van der Waals surface area contributed by atoms with E-state index in [0.717, 1.165) is 0 Å². The Labute approximate surface area is 146 Å². The maximum atomic E-state index is 12.2. The molecule has 24 heavy (non-hydrogen) atoms. The van der Waals surface area contributed by atoms with Gasteiger partial charge in [0.05, 0.1) is 10.6 Å². The minimum Gasteiger partial charge on any atom is -0.486 e. The Morgan fingerprint density at radius 1 is 1.04 bits per heavy atom. The molecule has 2 aromatic rings. The highest BCUT2D eigenvalue weighted by atomic mass is 35.5. The van der Waals surface area contributed by atoms with E-state index in [4.69, 9.17) is 16.3 Å². The molecule has 0 radical (unpaired) electrons. The minimum atomic E-state index is -0.428. The van der Waals surface area contributed by atoms with Crippen molar-refractivity contribution in [2.24, 2.45) is 5.41 Å². The summed E-state index contributed by atoms with van der Waals surface area (Å²) in [7, 11) is 0. The normalized spacial score (nSPS) is 11.0. The Balaban J connectivity index is 1.96. The van der Waals surface area contributed by atoms with E-state index in [0.29, 0.717) is 22.0 Å². The van der Waals surface area contributed by atoms with Gasteiger partial charge >= 0.3 is 0 Å².